The number of fused-ring (bicyclic) bond motifs is 1. The molecule has 0 saturated carbocycles. The average Bonchev–Trinajstić information content (AvgIpc) is 3.47. The summed E-state index contributed by atoms with van der Waals surface area (Å²) in [7, 11) is 0. The highest BCUT2D eigenvalue weighted by Gasteiger charge is 2.42. The van der Waals surface area contributed by atoms with Crippen molar-refractivity contribution in [1.82, 2.24) is 25.0 Å². The summed E-state index contributed by atoms with van der Waals surface area (Å²) in [6.45, 7) is 0.0211. The van der Waals surface area contributed by atoms with Crippen molar-refractivity contribution >= 4 is 33.4 Å². The molecule has 0 spiro atoms. The first kappa shape index (κ1) is 22.3. The van der Waals surface area contributed by atoms with Crippen molar-refractivity contribution < 1.29 is 23.0 Å². The summed E-state index contributed by atoms with van der Waals surface area (Å²) in [5.74, 6) is -1.29. The monoisotopic (exact) mass is 494 g/mol. The first-order chi connectivity index (χ1) is 17.0. The summed E-state index contributed by atoms with van der Waals surface area (Å²) in [6, 6.07) is 18.6. The number of hydrogen-bond acceptors (Lipinski definition) is 8. The molecule has 0 aliphatic rings. The first-order valence-electron chi connectivity index (χ1n) is 10.3. The number of hydrogen-bond donors (Lipinski definition) is 1. The molecule has 0 atom stereocenters. The van der Waals surface area contributed by atoms with Gasteiger partial charge in [0.05, 0.1) is 17.4 Å². The molecule has 5 aromatic rings. The van der Waals surface area contributed by atoms with Gasteiger partial charge in [0, 0.05) is 17.1 Å². The van der Waals surface area contributed by atoms with E-state index in [4.69, 9.17) is 4.74 Å². The Morgan fingerprint density at radius 2 is 1.83 bits per heavy atom. The lowest BCUT2D eigenvalue weighted by atomic mass is 10.3. The first-order valence-corrected chi connectivity index (χ1v) is 11.1. The van der Waals surface area contributed by atoms with Crippen LogP contribution in [0.4, 0.5) is 13.9 Å². The number of thiazole rings is 1. The predicted octanol–water partition coefficient (Wildman–Crippen LogP) is 4.46. The maximum atomic E-state index is 14.2. The van der Waals surface area contributed by atoms with E-state index >= 15 is 0 Å². The van der Waals surface area contributed by atoms with Crippen LogP contribution >= 0.6 is 11.3 Å². The number of benzene rings is 2. The number of carbonyl (C=O) groups is 1. The van der Waals surface area contributed by atoms with Crippen LogP contribution in [0.2, 0.25) is 0 Å². The second-order valence-electron chi connectivity index (χ2n) is 7.18. The Balaban J connectivity index is 1.28. The number of alkyl halides is 2. The number of halogens is 2. The highest BCUT2D eigenvalue weighted by Crippen LogP contribution is 2.29. The highest BCUT2D eigenvalue weighted by molar-refractivity contribution is 7.13. The quantitative estimate of drug-likeness (QED) is 0.340. The maximum Gasteiger partial charge on any atom is 0.482 e. The zero-order valence-corrected chi connectivity index (χ0v) is 18.7. The molecule has 35 heavy (non-hydrogen) atoms. The molecule has 0 saturated heterocycles. The molecule has 0 fully saturated rings. The van der Waals surface area contributed by atoms with Gasteiger partial charge in [-0.1, -0.05) is 36.4 Å². The predicted molar refractivity (Wildman–Crippen MR) is 124 cm³/mol. The molecule has 9 nitrogen and oxygen atoms in total. The molecule has 0 radical (unpaired) electrons. The van der Waals surface area contributed by atoms with Gasteiger partial charge in [0.2, 0.25) is 5.88 Å². The standard InChI is InChI=1S/C23H16F2N6O3S/c24-23(25,34-17-9-5-2-6-10-17)21(32)28-22-27-15(14-35-22)13-33-20-11-18-19(12-26-30-29-18)31(20)16-7-3-1-4-8-16/h1-12,14H,13H2,(H,27,28,32). The number of ether oxygens (including phenoxy) is 2. The summed E-state index contributed by atoms with van der Waals surface area (Å²) >= 11 is 0.990. The van der Waals surface area contributed by atoms with Crippen molar-refractivity contribution in [2.24, 2.45) is 0 Å². The molecule has 1 amide bonds. The van der Waals surface area contributed by atoms with Crippen LogP contribution in [-0.2, 0) is 11.4 Å². The molecule has 1 N–H and O–H groups in total. The van der Waals surface area contributed by atoms with Gasteiger partial charge >= 0.3 is 12.0 Å². The fraction of sp³-hybridized carbons (Fsp3) is 0.0870. The smallest absolute Gasteiger partial charge is 0.472 e. The minimum Gasteiger partial charge on any atom is -0.472 e. The Morgan fingerprint density at radius 1 is 1.09 bits per heavy atom. The van der Waals surface area contributed by atoms with Crippen LogP contribution in [0.25, 0.3) is 16.7 Å². The van der Waals surface area contributed by atoms with Crippen LogP contribution in [0.1, 0.15) is 5.69 Å². The molecule has 3 heterocycles. The maximum absolute atomic E-state index is 14.2. The van der Waals surface area contributed by atoms with Gasteiger partial charge in [-0.3, -0.25) is 14.7 Å². The van der Waals surface area contributed by atoms with Crippen molar-refractivity contribution in [3.8, 4) is 17.3 Å². The summed E-state index contributed by atoms with van der Waals surface area (Å²) in [4.78, 5) is 16.2. The van der Waals surface area contributed by atoms with Crippen molar-refractivity contribution in [2.45, 2.75) is 12.7 Å². The minimum absolute atomic E-state index is 0.0105. The zero-order chi connectivity index (χ0) is 24.3. The number of rotatable bonds is 8. The molecule has 176 valence electrons. The summed E-state index contributed by atoms with van der Waals surface area (Å²) in [5.41, 5.74) is 2.56. The third-order valence-corrected chi connectivity index (χ3v) is 5.58. The normalized spacial score (nSPS) is 11.4. The number of amides is 1. The third kappa shape index (κ3) is 4.92. The molecule has 0 aliphatic heterocycles. The van der Waals surface area contributed by atoms with Crippen LogP contribution < -0.4 is 14.8 Å². The van der Waals surface area contributed by atoms with E-state index in [9.17, 15) is 13.6 Å². The van der Waals surface area contributed by atoms with E-state index in [0.717, 1.165) is 17.0 Å². The fourth-order valence-corrected chi connectivity index (χ4v) is 3.92. The topological polar surface area (TPSA) is 104 Å². The van der Waals surface area contributed by atoms with Gasteiger partial charge in [0.25, 0.3) is 0 Å². The number of para-hydroxylation sites is 2. The van der Waals surface area contributed by atoms with E-state index in [1.807, 2.05) is 34.9 Å². The molecule has 0 unspecified atom stereocenters. The molecule has 0 bridgehead atoms. The van der Waals surface area contributed by atoms with Gasteiger partial charge in [-0.05, 0) is 29.5 Å². The zero-order valence-electron chi connectivity index (χ0n) is 17.8. The molecule has 2 aromatic carbocycles. The van der Waals surface area contributed by atoms with Gasteiger partial charge in [0.15, 0.2) is 5.13 Å². The van der Waals surface area contributed by atoms with E-state index < -0.39 is 12.0 Å². The second kappa shape index (κ2) is 9.43. The van der Waals surface area contributed by atoms with E-state index in [-0.39, 0.29) is 17.5 Å². The second-order valence-corrected chi connectivity index (χ2v) is 8.03. The molecule has 3 aromatic heterocycles. The van der Waals surface area contributed by atoms with Crippen LogP contribution in [-0.4, -0.2) is 37.0 Å². The van der Waals surface area contributed by atoms with Crippen LogP contribution in [0.5, 0.6) is 11.6 Å². The Hall–Kier alpha value is -4.45. The molecular weight excluding hydrogens is 478 g/mol. The molecule has 5 rings (SSSR count). The van der Waals surface area contributed by atoms with E-state index in [1.54, 1.807) is 23.7 Å². The van der Waals surface area contributed by atoms with Crippen molar-refractivity contribution in [3.05, 3.63) is 84.0 Å². The lowest BCUT2D eigenvalue weighted by molar-refractivity contribution is -0.187. The van der Waals surface area contributed by atoms with Gasteiger partial charge in [-0.25, -0.2) is 4.98 Å². The summed E-state index contributed by atoms with van der Waals surface area (Å²) in [6.07, 6.45) is -2.49. The van der Waals surface area contributed by atoms with Crippen LogP contribution in [0, 0.1) is 0 Å². The van der Waals surface area contributed by atoms with Crippen LogP contribution in [0.3, 0.4) is 0 Å². The Labute approximate surface area is 201 Å². The number of nitrogens with zero attached hydrogens (tertiary/aromatic N) is 5. The molecular formula is C23H16F2N6O3S. The Morgan fingerprint density at radius 3 is 2.60 bits per heavy atom. The Bertz CT molecular complexity index is 1460. The SMILES string of the molecule is O=C(Nc1nc(COc2cc3nnncc3n2-c2ccccc2)cs1)C(F)(F)Oc1ccccc1. The number of carbonyl (C=O) groups excluding carboxylic acids is 1. The summed E-state index contributed by atoms with van der Waals surface area (Å²) in [5, 5.41) is 15.2. The lowest BCUT2D eigenvalue weighted by Gasteiger charge is -2.16. The number of anilines is 1. The van der Waals surface area contributed by atoms with E-state index in [1.165, 1.54) is 24.3 Å². The largest absolute Gasteiger partial charge is 0.482 e. The van der Waals surface area contributed by atoms with Crippen LogP contribution in [0.15, 0.2) is 78.3 Å². The van der Waals surface area contributed by atoms with E-state index in [0.29, 0.717) is 22.6 Å². The minimum atomic E-state index is -4.07. The fourth-order valence-electron chi connectivity index (χ4n) is 3.23. The lowest BCUT2D eigenvalue weighted by Crippen LogP contribution is -2.39. The van der Waals surface area contributed by atoms with Crippen molar-refractivity contribution in [2.75, 3.05) is 5.32 Å². The van der Waals surface area contributed by atoms with Gasteiger partial charge < -0.3 is 9.47 Å². The average molecular weight is 494 g/mol. The molecule has 12 heteroatoms. The van der Waals surface area contributed by atoms with Crippen molar-refractivity contribution in [1.29, 1.82) is 0 Å². The number of nitrogens with one attached hydrogen (secondary N) is 1. The van der Waals surface area contributed by atoms with Crippen molar-refractivity contribution in [3.63, 3.8) is 0 Å². The summed E-state index contributed by atoms with van der Waals surface area (Å²) < 4.78 is 40.6. The van der Waals surface area contributed by atoms with Gasteiger partial charge in [-0.2, -0.15) is 8.78 Å². The van der Waals surface area contributed by atoms with Gasteiger partial charge in [0.1, 0.15) is 17.9 Å². The molecule has 0 aliphatic carbocycles. The Kier molecular flexibility index (Phi) is 6.02. The van der Waals surface area contributed by atoms with Gasteiger partial charge in [-0.15, -0.1) is 21.5 Å². The van der Waals surface area contributed by atoms with E-state index in [2.05, 4.69) is 30.4 Å². The number of aromatic nitrogens is 5. The third-order valence-electron chi connectivity index (χ3n) is 4.78. The highest BCUT2D eigenvalue weighted by atomic mass is 32.1.